The molecule has 0 fully saturated rings. The summed E-state index contributed by atoms with van der Waals surface area (Å²) >= 11 is 0. The molecule has 0 heterocycles. The molecular formula is C13H29N3O. The van der Waals surface area contributed by atoms with Crippen LogP contribution in [0.3, 0.4) is 0 Å². The van der Waals surface area contributed by atoms with Gasteiger partial charge in [-0.3, -0.25) is 9.69 Å². The van der Waals surface area contributed by atoms with Crippen LogP contribution >= 0.6 is 0 Å². The lowest BCUT2D eigenvalue weighted by Crippen LogP contribution is -2.48. The Hall–Kier alpha value is -0.610. The second kappa shape index (κ2) is 6.36. The van der Waals surface area contributed by atoms with Gasteiger partial charge in [0.25, 0.3) is 0 Å². The molecule has 0 aromatic heterocycles. The fraction of sp³-hybridized carbons (Fsp3) is 0.923. The van der Waals surface area contributed by atoms with Gasteiger partial charge in [-0.25, -0.2) is 0 Å². The molecule has 0 aliphatic heterocycles. The second-order valence-electron chi connectivity index (χ2n) is 6.47. The van der Waals surface area contributed by atoms with Crippen LogP contribution in [0.1, 0.15) is 41.5 Å². The van der Waals surface area contributed by atoms with Crippen LogP contribution in [0, 0.1) is 5.41 Å². The van der Waals surface area contributed by atoms with Crippen molar-refractivity contribution in [1.82, 2.24) is 10.2 Å². The highest BCUT2D eigenvalue weighted by molar-refractivity contribution is 5.78. The van der Waals surface area contributed by atoms with Crippen LogP contribution in [-0.2, 0) is 4.79 Å². The second-order valence-corrected chi connectivity index (χ2v) is 6.47. The maximum atomic E-state index is 11.8. The number of rotatable bonds is 6. The molecule has 0 saturated carbocycles. The number of carbonyl (C=O) groups excluding carboxylic acids is 1. The first-order valence-corrected chi connectivity index (χ1v) is 6.33. The molecule has 0 aliphatic carbocycles. The maximum Gasteiger partial charge on any atom is 0.234 e. The van der Waals surface area contributed by atoms with Gasteiger partial charge in [-0.15, -0.1) is 0 Å². The van der Waals surface area contributed by atoms with Gasteiger partial charge in [0, 0.05) is 12.1 Å². The van der Waals surface area contributed by atoms with Crippen molar-refractivity contribution in [2.45, 2.75) is 47.1 Å². The molecule has 4 nitrogen and oxygen atoms in total. The average molecular weight is 243 g/mol. The van der Waals surface area contributed by atoms with Crippen molar-refractivity contribution in [2.75, 3.05) is 26.2 Å². The third-order valence-corrected chi connectivity index (χ3v) is 2.53. The highest BCUT2D eigenvalue weighted by Gasteiger charge is 2.22. The molecule has 17 heavy (non-hydrogen) atoms. The van der Waals surface area contributed by atoms with Crippen molar-refractivity contribution in [3.05, 3.63) is 0 Å². The van der Waals surface area contributed by atoms with Crippen molar-refractivity contribution in [1.29, 1.82) is 0 Å². The highest BCUT2D eigenvalue weighted by atomic mass is 16.2. The molecule has 0 spiro atoms. The Kier molecular flexibility index (Phi) is 6.13. The van der Waals surface area contributed by atoms with Crippen molar-refractivity contribution < 1.29 is 4.79 Å². The van der Waals surface area contributed by atoms with Crippen LogP contribution in [0.2, 0.25) is 0 Å². The van der Waals surface area contributed by atoms with E-state index in [1.807, 2.05) is 20.8 Å². The summed E-state index contributed by atoms with van der Waals surface area (Å²) in [5.74, 6) is 0.0761. The number of nitrogens with one attached hydrogen (secondary N) is 1. The van der Waals surface area contributed by atoms with Gasteiger partial charge in [0.05, 0.1) is 6.54 Å². The first-order valence-electron chi connectivity index (χ1n) is 6.33. The summed E-state index contributed by atoms with van der Waals surface area (Å²) in [6.45, 7) is 15.1. The van der Waals surface area contributed by atoms with E-state index in [9.17, 15) is 4.79 Å². The van der Waals surface area contributed by atoms with Gasteiger partial charge in [-0.1, -0.05) is 20.8 Å². The maximum absolute atomic E-state index is 11.8. The third-order valence-electron chi connectivity index (χ3n) is 2.53. The standard InChI is InChI=1S/C13H29N3O/c1-7-16(10-13(5,6)9-14)8-11(17)15-12(2,3)4/h7-10,14H2,1-6H3,(H,15,17). The molecule has 102 valence electrons. The molecule has 4 heteroatoms. The lowest BCUT2D eigenvalue weighted by atomic mass is 9.93. The first-order chi connectivity index (χ1) is 7.59. The van der Waals surface area contributed by atoms with E-state index in [1.54, 1.807) is 0 Å². The SMILES string of the molecule is CCN(CC(=O)NC(C)(C)C)CC(C)(C)CN. The number of amides is 1. The summed E-state index contributed by atoms with van der Waals surface area (Å²) in [5.41, 5.74) is 5.60. The minimum Gasteiger partial charge on any atom is -0.350 e. The molecule has 0 atom stereocenters. The molecule has 0 rings (SSSR count). The summed E-state index contributed by atoms with van der Waals surface area (Å²) in [7, 11) is 0. The van der Waals surface area contributed by atoms with Gasteiger partial charge in [-0.2, -0.15) is 0 Å². The summed E-state index contributed by atoms with van der Waals surface area (Å²) in [6.07, 6.45) is 0. The van der Waals surface area contributed by atoms with E-state index >= 15 is 0 Å². The fourth-order valence-corrected chi connectivity index (χ4v) is 1.61. The Balaban J connectivity index is 4.27. The molecule has 0 unspecified atom stereocenters. The van der Waals surface area contributed by atoms with Crippen LogP contribution in [0.5, 0.6) is 0 Å². The Morgan fingerprint density at radius 1 is 1.24 bits per heavy atom. The van der Waals surface area contributed by atoms with Crippen LogP contribution in [0.25, 0.3) is 0 Å². The van der Waals surface area contributed by atoms with Gasteiger partial charge in [0.1, 0.15) is 0 Å². The monoisotopic (exact) mass is 243 g/mol. The van der Waals surface area contributed by atoms with Crippen LogP contribution in [0.4, 0.5) is 0 Å². The smallest absolute Gasteiger partial charge is 0.234 e. The number of likely N-dealkylation sites (N-methyl/N-ethyl adjacent to an activating group) is 1. The lowest BCUT2D eigenvalue weighted by molar-refractivity contribution is -0.123. The number of nitrogens with two attached hydrogens (primary N) is 1. The van der Waals surface area contributed by atoms with E-state index in [4.69, 9.17) is 5.73 Å². The summed E-state index contributed by atoms with van der Waals surface area (Å²) in [5, 5.41) is 2.98. The van der Waals surface area contributed by atoms with Crippen molar-refractivity contribution in [3.8, 4) is 0 Å². The largest absolute Gasteiger partial charge is 0.350 e. The van der Waals surface area contributed by atoms with Crippen LogP contribution < -0.4 is 11.1 Å². The molecule has 0 radical (unpaired) electrons. The molecule has 0 bridgehead atoms. The zero-order chi connectivity index (χ0) is 13.7. The first kappa shape index (κ1) is 16.4. The quantitative estimate of drug-likeness (QED) is 0.737. The summed E-state index contributed by atoms with van der Waals surface area (Å²) in [6, 6.07) is 0. The van der Waals surface area contributed by atoms with Crippen molar-refractivity contribution in [3.63, 3.8) is 0 Å². The normalized spacial score (nSPS) is 12.9. The minimum absolute atomic E-state index is 0.0536. The molecule has 0 saturated heterocycles. The van der Waals surface area contributed by atoms with Crippen LogP contribution in [0.15, 0.2) is 0 Å². The Labute approximate surface area is 106 Å². The van der Waals surface area contributed by atoms with Gasteiger partial charge < -0.3 is 11.1 Å². The third kappa shape index (κ3) is 8.16. The van der Waals surface area contributed by atoms with Gasteiger partial charge in [0.2, 0.25) is 5.91 Å². The fourth-order valence-electron chi connectivity index (χ4n) is 1.61. The van der Waals surface area contributed by atoms with E-state index in [-0.39, 0.29) is 16.9 Å². The summed E-state index contributed by atoms with van der Waals surface area (Å²) < 4.78 is 0. The molecule has 1 amide bonds. The number of hydrogen-bond donors (Lipinski definition) is 2. The van der Waals surface area contributed by atoms with Gasteiger partial charge in [0.15, 0.2) is 0 Å². The zero-order valence-electron chi connectivity index (χ0n) is 12.3. The van der Waals surface area contributed by atoms with E-state index < -0.39 is 0 Å². The van der Waals surface area contributed by atoms with E-state index in [2.05, 4.69) is 31.0 Å². The molecule has 0 aliphatic rings. The average Bonchev–Trinajstić information content (AvgIpc) is 2.13. The van der Waals surface area contributed by atoms with Gasteiger partial charge in [-0.05, 0) is 39.3 Å². The Morgan fingerprint density at radius 3 is 2.12 bits per heavy atom. The molecule has 3 N–H and O–H groups in total. The Morgan fingerprint density at radius 2 is 1.76 bits per heavy atom. The van der Waals surface area contributed by atoms with Crippen molar-refractivity contribution in [2.24, 2.45) is 11.1 Å². The Bertz CT molecular complexity index is 244. The van der Waals surface area contributed by atoms with E-state index in [0.717, 1.165) is 13.1 Å². The number of hydrogen-bond acceptors (Lipinski definition) is 3. The highest BCUT2D eigenvalue weighted by Crippen LogP contribution is 2.14. The summed E-state index contributed by atoms with van der Waals surface area (Å²) in [4.78, 5) is 14.0. The minimum atomic E-state index is -0.167. The molecule has 0 aromatic carbocycles. The van der Waals surface area contributed by atoms with Gasteiger partial charge >= 0.3 is 0 Å². The number of nitrogens with zero attached hydrogens (tertiary/aromatic N) is 1. The number of carbonyl (C=O) groups is 1. The van der Waals surface area contributed by atoms with Crippen molar-refractivity contribution >= 4 is 5.91 Å². The zero-order valence-corrected chi connectivity index (χ0v) is 12.3. The molecular weight excluding hydrogens is 214 g/mol. The lowest BCUT2D eigenvalue weighted by Gasteiger charge is -2.31. The topological polar surface area (TPSA) is 58.4 Å². The van der Waals surface area contributed by atoms with Crippen LogP contribution in [-0.4, -0.2) is 42.5 Å². The van der Waals surface area contributed by atoms with E-state index in [1.165, 1.54) is 0 Å². The molecule has 0 aromatic rings. The van der Waals surface area contributed by atoms with E-state index in [0.29, 0.717) is 13.1 Å². The predicted molar refractivity (Wildman–Crippen MR) is 72.8 cm³/mol. The predicted octanol–water partition coefficient (Wildman–Crippen LogP) is 1.21.